The second-order valence-corrected chi connectivity index (χ2v) is 7.75. The minimum absolute atomic E-state index is 0.0489. The van der Waals surface area contributed by atoms with Gasteiger partial charge in [0.15, 0.2) is 0 Å². The topological polar surface area (TPSA) is 26.0 Å². The molecule has 0 amide bonds. The average molecular weight is 290 g/mol. The Bertz CT molecular complexity index is 275. The maximum atomic E-state index is 5.87. The first-order valence-corrected chi connectivity index (χ1v) is 8.33. The Balaban J connectivity index is 1.70. The van der Waals surface area contributed by atoms with Crippen LogP contribution in [-0.2, 0) is 0 Å². The Kier molecular flexibility index (Phi) is 1.28. The van der Waals surface area contributed by atoms with Crippen molar-refractivity contribution in [3.05, 3.63) is 0 Å². The SMILES string of the molecule is N[I-]CC12CC3CC4(CC4C1)C3C2. The van der Waals surface area contributed by atoms with E-state index in [0.29, 0.717) is 0 Å². The van der Waals surface area contributed by atoms with Crippen molar-refractivity contribution < 1.29 is 21.5 Å². The van der Waals surface area contributed by atoms with Gasteiger partial charge in [0.25, 0.3) is 0 Å². The summed E-state index contributed by atoms with van der Waals surface area (Å²) >= 11 is 0.0489. The molecule has 0 aromatic carbocycles. The Hall–Kier alpha value is 0.690. The minimum atomic E-state index is 0.0489. The van der Waals surface area contributed by atoms with Crippen LogP contribution in [0.15, 0.2) is 0 Å². The summed E-state index contributed by atoms with van der Waals surface area (Å²) in [4.78, 5) is 0. The van der Waals surface area contributed by atoms with Crippen molar-refractivity contribution in [3.8, 4) is 0 Å². The van der Waals surface area contributed by atoms with Gasteiger partial charge in [-0.3, -0.25) is 0 Å². The molecule has 74 valence electrons. The fourth-order valence-electron chi connectivity index (χ4n) is 5.18. The molecule has 1 nitrogen and oxygen atoms in total. The number of hydrogen-bond donors (Lipinski definition) is 1. The third kappa shape index (κ3) is 0.760. The average Bonchev–Trinajstić information content (AvgIpc) is 2.72. The third-order valence-corrected chi connectivity index (χ3v) is 7.68. The van der Waals surface area contributed by atoms with Gasteiger partial charge in [-0.2, -0.15) is 0 Å². The van der Waals surface area contributed by atoms with Gasteiger partial charge in [-0.1, -0.05) is 0 Å². The van der Waals surface area contributed by atoms with Crippen LogP contribution in [0.5, 0.6) is 0 Å². The molecule has 2 bridgehead atoms. The van der Waals surface area contributed by atoms with Crippen LogP contribution in [-0.4, -0.2) is 4.43 Å². The van der Waals surface area contributed by atoms with Crippen molar-refractivity contribution in [2.75, 3.05) is 4.43 Å². The Morgan fingerprint density at radius 3 is 2.92 bits per heavy atom. The van der Waals surface area contributed by atoms with E-state index in [4.69, 9.17) is 3.95 Å². The summed E-state index contributed by atoms with van der Waals surface area (Å²) in [5, 5.41) is 0. The van der Waals surface area contributed by atoms with Gasteiger partial charge in [-0.05, 0) is 0 Å². The fourth-order valence-corrected chi connectivity index (χ4v) is 7.05. The molecule has 1 spiro atoms. The van der Waals surface area contributed by atoms with Crippen molar-refractivity contribution in [1.29, 1.82) is 0 Å². The fraction of sp³-hybridized carbons (Fsp3) is 1.00. The zero-order valence-corrected chi connectivity index (χ0v) is 10.1. The Morgan fingerprint density at radius 2 is 2.08 bits per heavy atom. The molecule has 0 aromatic rings. The molecule has 0 heterocycles. The van der Waals surface area contributed by atoms with Crippen LogP contribution in [0.25, 0.3) is 0 Å². The first kappa shape index (κ1) is 7.91. The van der Waals surface area contributed by atoms with E-state index in [0.717, 1.165) is 16.7 Å². The van der Waals surface area contributed by atoms with Gasteiger partial charge in [0.05, 0.1) is 0 Å². The number of rotatable bonds is 2. The molecule has 4 saturated carbocycles. The first-order valence-electron chi connectivity index (χ1n) is 5.56. The molecule has 0 aromatic heterocycles. The summed E-state index contributed by atoms with van der Waals surface area (Å²) in [6, 6.07) is 0. The maximum absolute atomic E-state index is 5.87. The van der Waals surface area contributed by atoms with Gasteiger partial charge in [0.1, 0.15) is 0 Å². The van der Waals surface area contributed by atoms with E-state index in [9.17, 15) is 0 Å². The Morgan fingerprint density at radius 1 is 1.15 bits per heavy atom. The molecule has 2 heteroatoms. The zero-order chi connectivity index (χ0) is 8.68. The monoisotopic (exact) mass is 290 g/mol. The normalized spacial score (nSPS) is 66.1. The van der Waals surface area contributed by atoms with Crippen molar-refractivity contribution in [1.82, 2.24) is 0 Å². The zero-order valence-electron chi connectivity index (χ0n) is 7.93. The standard InChI is InChI=1S/C11H17IN/c13-12-6-10-1-7-2-11(9(7)5-10)4-8(11)3-10/h7-9H,1-6,13H2/q-1. The van der Waals surface area contributed by atoms with Crippen molar-refractivity contribution in [3.63, 3.8) is 0 Å². The second-order valence-electron chi connectivity index (χ2n) is 6.11. The molecule has 4 aliphatic carbocycles. The molecule has 4 rings (SSSR count). The Labute approximate surface area is 90.4 Å². The van der Waals surface area contributed by atoms with Crippen molar-refractivity contribution >= 4 is 0 Å². The predicted molar refractivity (Wildman–Crippen MR) is 47.5 cm³/mol. The number of fused-ring (bicyclic) bond motifs is 1. The summed E-state index contributed by atoms with van der Waals surface area (Å²) in [6.07, 6.45) is 7.97. The van der Waals surface area contributed by atoms with E-state index in [1.807, 2.05) is 0 Å². The number of halogens is 1. The molecule has 0 radical (unpaired) electrons. The van der Waals surface area contributed by atoms with Gasteiger partial charge in [-0.25, -0.2) is 0 Å². The van der Waals surface area contributed by atoms with Crippen LogP contribution < -0.4 is 25.4 Å². The van der Waals surface area contributed by atoms with Gasteiger partial charge in [0, 0.05) is 0 Å². The van der Waals surface area contributed by atoms with Crippen LogP contribution in [0.3, 0.4) is 0 Å². The summed E-state index contributed by atoms with van der Waals surface area (Å²) in [7, 11) is 0. The second kappa shape index (κ2) is 2.11. The molecular formula is C11H17IN-. The number of alkyl halides is 1. The molecule has 5 unspecified atom stereocenters. The molecule has 0 saturated heterocycles. The van der Waals surface area contributed by atoms with Gasteiger partial charge in [0.2, 0.25) is 0 Å². The van der Waals surface area contributed by atoms with E-state index >= 15 is 0 Å². The predicted octanol–water partition coefficient (Wildman–Crippen LogP) is -1.22. The van der Waals surface area contributed by atoms with E-state index in [1.165, 1.54) is 16.3 Å². The summed E-state index contributed by atoms with van der Waals surface area (Å²) in [5.74, 6) is 3.51. The van der Waals surface area contributed by atoms with Crippen LogP contribution >= 0.6 is 0 Å². The first-order chi connectivity index (χ1) is 6.28. The molecule has 0 aliphatic heterocycles. The summed E-state index contributed by atoms with van der Waals surface area (Å²) in [6.45, 7) is 0. The van der Waals surface area contributed by atoms with Gasteiger partial charge in [-0.15, -0.1) is 0 Å². The van der Waals surface area contributed by atoms with E-state index < -0.39 is 0 Å². The van der Waals surface area contributed by atoms with Crippen LogP contribution in [0, 0.1) is 28.6 Å². The van der Waals surface area contributed by atoms with E-state index in [1.54, 1.807) is 32.1 Å². The van der Waals surface area contributed by atoms with Gasteiger partial charge >= 0.3 is 90.5 Å². The number of nitrogens with two attached hydrogens (primary N) is 1. The molecule has 13 heavy (non-hydrogen) atoms. The third-order valence-electron chi connectivity index (χ3n) is 5.62. The van der Waals surface area contributed by atoms with Crippen molar-refractivity contribution in [2.45, 2.75) is 32.1 Å². The molecule has 5 atom stereocenters. The van der Waals surface area contributed by atoms with Crippen molar-refractivity contribution in [2.24, 2.45) is 32.5 Å². The van der Waals surface area contributed by atoms with Crippen LogP contribution in [0.1, 0.15) is 32.1 Å². The molecule has 4 aliphatic rings. The van der Waals surface area contributed by atoms with Crippen LogP contribution in [0.4, 0.5) is 0 Å². The summed E-state index contributed by atoms with van der Waals surface area (Å²) < 4.78 is 7.30. The van der Waals surface area contributed by atoms with E-state index in [-0.39, 0.29) is 21.5 Å². The quantitative estimate of drug-likeness (QED) is 0.385. The van der Waals surface area contributed by atoms with E-state index in [2.05, 4.69) is 0 Å². The molecule has 4 fully saturated rings. The van der Waals surface area contributed by atoms with Crippen LogP contribution in [0.2, 0.25) is 0 Å². The molecule has 2 N–H and O–H groups in total. The number of hydrogen-bond acceptors (Lipinski definition) is 1. The van der Waals surface area contributed by atoms with Gasteiger partial charge < -0.3 is 0 Å². The summed E-state index contributed by atoms with van der Waals surface area (Å²) in [5.41, 5.74) is 1.73. The molecular weight excluding hydrogens is 273 g/mol.